The summed E-state index contributed by atoms with van der Waals surface area (Å²) in [5.74, 6) is 0. The third-order valence-electron chi connectivity index (χ3n) is 2.43. The average Bonchev–Trinajstić information content (AvgIpc) is 2.64. The highest BCUT2D eigenvalue weighted by molar-refractivity contribution is 7.15. The van der Waals surface area contributed by atoms with Crippen LogP contribution in [0.4, 0.5) is 0 Å². The SMILES string of the molecule is Cc1nc(-c2cccc(Cl)c2Cl)sc1C(C)N. The van der Waals surface area contributed by atoms with Gasteiger partial charge in [-0.05, 0) is 19.9 Å². The molecule has 2 aromatic rings. The smallest absolute Gasteiger partial charge is 0.125 e. The van der Waals surface area contributed by atoms with Gasteiger partial charge in [0.25, 0.3) is 0 Å². The summed E-state index contributed by atoms with van der Waals surface area (Å²) < 4.78 is 0. The minimum absolute atomic E-state index is 0.0146. The first-order valence-electron chi connectivity index (χ1n) is 5.18. The molecule has 1 aromatic carbocycles. The summed E-state index contributed by atoms with van der Waals surface area (Å²) >= 11 is 13.7. The number of benzene rings is 1. The molecule has 0 bridgehead atoms. The molecule has 1 heterocycles. The number of rotatable bonds is 2. The number of thiazole rings is 1. The molecule has 0 saturated carbocycles. The molecule has 1 aromatic heterocycles. The van der Waals surface area contributed by atoms with Crippen LogP contribution in [-0.4, -0.2) is 4.98 Å². The van der Waals surface area contributed by atoms with Crippen LogP contribution in [-0.2, 0) is 0 Å². The van der Waals surface area contributed by atoms with Gasteiger partial charge in [-0.2, -0.15) is 0 Å². The lowest BCUT2D eigenvalue weighted by Gasteiger charge is -2.02. The molecule has 0 radical (unpaired) electrons. The number of nitrogens with two attached hydrogens (primary N) is 1. The summed E-state index contributed by atoms with van der Waals surface area (Å²) in [5, 5.41) is 1.95. The maximum Gasteiger partial charge on any atom is 0.125 e. The molecule has 1 atom stereocenters. The van der Waals surface area contributed by atoms with E-state index in [1.54, 1.807) is 17.4 Å². The van der Waals surface area contributed by atoms with E-state index in [9.17, 15) is 0 Å². The molecule has 1 unspecified atom stereocenters. The number of aryl methyl sites for hydroxylation is 1. The Labute approximate surface area is 114 Å². The van der Waals surface area contributed by atoms with Crippen LogP contribution in [0.2, 0.25) is 10.0 Å². The van der Waals surface area contributed by atoms with E-state index < -0.39 is 0 Å². The summed E-state index contributed by atoms with van der Waals surface area (Å²) in [5.41, 5.74) is 7.70. The maximum absolute atomic E-state index is 6.17. The fourth-order valence-corrected chi connectivity index (χ4v) is 3.11. The molecule has 2 rings (SSSR count). The van der Waals surface area contributed by atoms with Gasteiger partial charge in [0.15, 0.2) is 0 Å². The van der Waals surface area contributed by atoms with Crippen LogP contribution in [0, 0.1) is 6.92 Å². The standard InChI is InChI=1S/C12H12Cl2N2S/c1-6(15)11-7(2)16-12(17-11)8-4-3-5-9(13)10(8)14/h3-6H,15H2,1-2H3. The average molecular weight is 287 g/mol. The van der Waals surface area contributed by atoms with E-state index >= 15 is 0 Å². The fourth-order valence-electron chi connectivity index (χ4n) is 1.61. The van der Waals surface area contributed by atoms with Crippen LogP contribution in [0.5, 0.6) is 0 Å². The van der Waals surface area contributed by atoms with Crippen LogP contribution >= 0.6 is 34.5 Å². The Kier molecular flexibility index (Phi) is 3.73. The lowest BCUT2D eigenvalue weighted by molar-refractivity contribution is 0.825. The monoisotopic (exact) mass is 286 g/mol. The molecule has 0 saturated heterocycles. The van der Waals surface area contributed by atoms with Gasteiger partial charge in [-0.15, -0.1) is 11.3 Å². The molecule has 5 heteroatoms. The van der Waals surface area contributed by atoms with E-state index in [4.69, 9.17) is 28.9 Å². The van der Waals surface area contributed by atoms with Crippen molar-refractivity contribution in [1.29, 1.82) is 0 Å². The lowest BCUT2D eigenvalue weighted by Crippen LogP contribution is -2.03. The Bertz CT molecular complexity index is 549. The fraction of sp³-hybridized carbons (Fsp3) is 0.250. The Morgan fingerprint density at radius 2 is 2.06 bits per heavy atom. The second kappa shape index (κ2) is 4.94. The highest BCUT2D eigenvalue weighted by atomic mass is 35.5. The first kappa shape index (κ1) is 12.8. The molecule has 90 valence electrons. The van der Waals surface area contributed by atoms with Crippen molar-refractivity contribution in [2.24, 2.45) is 5.73 Å². The van der Waals surface area contributed by atoms with Crippen LogP contribution in [0.15, 0.2) is 18.2 Å². The van der Waals surface area contributed by atoms with E-state index in [-0.39, 0.29) is 6.04 Å². The van der Waals surface area contributed by atoms with Gasteiger partial charge in [0.1, 0.15) is 5.01 Å². The molecular formula is C12H12Cl2N2S. The van der Waals surface area contributed by atoms with Crippen molar-refractivity contribution in [3.8, 4) is 10.6 Å². The van der Waals surface area contributed by atoms with Crippen LogP contribution in [0.1, 0.15) is 23.5 Å². The minimum atomic E-state index is -0.0146. The minimum Gasteiger partial charge on any atom is -0.323 e. The van der Waals surface area contributed by atoms with Crippen LogP contribution in [0.25, 0.3) is 10.6 Å². The van der Waals surface area contributed by atoms with E-state index in [1.807, 2.05) is 26.0 Å². The van der Waals surface area contributed by atoms with Crippen molar-refractivity contribution in [3.63, 3.8) is 0 Å². The quantitative estimate of drug-likeness (QED) is 0.886. The Morgan fingerprint density at radius 3 is 2.65 bits per heavy atom. The Hall–Kier alpha value is -0.610. The second-order valence-electron chi connectivity index (χ2n) is 3.86. The molecule has 0 fully saturated rings. The summed E-state index contributed by atoms with van der Waals surface area (Å²) in [6.07, 6.45) is 0. The zero-order valence-electron chi connectivity index (χ0n) is 9.50. The number of halogens is 2. The van der Waals surface area contributed by atoms with Gasteiger partial charge in [-0.1, -0.05) is 35.3 Å². The van der Waals surface area contributed by atoms with E-state index in [0.717, 1.165) is 21.1 Å². The largest absolute Gasteiger partial charge is 0.323 e. The molecule has 2 nitrogen and oxygen atoms in total. The van der Waals surface area contributed by atoms with Crippen LogP contribution in [0.3, 0.4) is 0 Å². The molecule has 0 aliphatic heterocycles. The molecule has 0 spiro atoms. The third kappa shape index (κ3) is 2.47. The van der Waals surface area contributed by atoms with Crippen molar-refractivity contribution >= 4 is 34.5 Å². The number of hydrogen-bond donors (Lipinski definition) is 1. The van der Waals surface area contributed by atoms with Crippen molar-refractivity contribution in [1.82, 2.24) is 4.98 Å². The van der Waals surface area contributed by atoms with Gasteiger partial charge in [0.05, 0.1) is 15.7 Å². The van der Waals surface area contributed by atoms with Crippen molar-refractivity contribution < 1.29 is 0 Å². The number of aromatic nitrogens is 1. The first-order chi connectivity index (χ1) is 8.00. The molecular weight excluding hydrogens is 275 g/mol. The van der Waals surface area contributed by atoms with Gasteiger partial charge >= 0.3 is 0 Å². The maximum atomic E-state index is 6.17. The van der Waals surface area contributed by atoms with Crippen molar-refractivity contribution in [2.45, 2.75) is 19.9 Å². The molecule has 17 heavy (non-hydrogen) atoms. The first-order valence-corrected chi connectivity index (χ1v) is 6.75. The molecule has 0 amide bonds. The predicted molar refractivity (Wildman–Crippen MR) is 74.9 cm³/mol. The summed E-state index contributed by atoms with van der Waals surface area (Å²) in [6, 6.07) is 5.53. The summed E-state index contributed by atoms with van der Waals surface area (Å²) in [4.78, 5) is 5.58. The lowest BCUT2D eigenvalue weighted by atomic mass is 10.2. The van der Waals surface area contributed by atoms with Gasteiger partial charge < -0.3 is 5.73 Å². The summed E-state index contributed by atoms with van der Waals surface area (Å²) in [7, 11) is 0. The van der Waals surface area contributed by atoms with E-state index in [2.05, 4.69) is 4.98 Å². The molecule has 0 aliphatic rings. The normalized spacial score (nSPS) is 12.8. The second-order valence-corrected chi connectivity index (χ2v) is 5.67. The molecule has 0 aliphatic carbocycles. The predicted octanol–water partition coefficient (Wildman–Crippen LogP) is 4.45. The van der Waals surface area contributed by atoms with Gasteiger partial charge in [-0.3, -0.25) is 0 Å². The van der Waals surface area contributed by atoms with E-state index in [1.165, 1.54) is 0 Å². The van der Waals surface area contributed by atoms with Gasteiger partial charge in [0.2, 0.25) is 0 Å². The zero-order valence-corrected chi connectivity index (χ0v) is 11.8. The highest BCUT2D eigenvalue weighted by Gasteiger charge is 2.15. The highest BCUT2D eigenvalue weighted by Crippen LogP contribution is 2.37. The van der Waals surface area contributed by atoms with Crippen LogP contribution < -0.4 is 5.73 Å². The zero-order chi connectivity index (χ0) is 12.6. The third-order valence-corrected chi connectivity index (χ3v) is 4.64. The Morgan fingerprint density at radius 1 is 1.35 bits per heavy atom. The number of hydrogen-bond acceptors (Lipinski definition) is 3. The van der Waals surface area contributed by atoms with Crippen molar-refractivity contribution in [3.05, 3.63) is 38.8 Å². The van der Waals surface area contributed by atoms with Gasteiger partial charge in [-0.25, -0.2) is 4.98 Å². The summed E-state index contributed by atoms with van der Waals surface area (Å²) in [6.45, 7) is 3.90. The Balaban J connectivity index is 2.54. The van der Waals surface area contributed by atoms with Gasteiger partial charge in [0, 0.05) is 16.5 Å². The number of nitrogens with zero attached hydrogens (tertiary/aromatic N) is 1. The van der Waals surface area contributed by atoms with E-state index in [0.29, 0.717) is 10.0 Å². The molecule has 2 N–H and O–H groups in total. The topological polar surface area (TPSA) is 38.9 Å². The van der Waals surface area contributed by atoms with Crippen molar-refractivity contribution in [2.75, 3.05) is 0 Å².